The van der Waals surface area contributed by atoms with Gasteiger partial charge in [-0.25, -0.2) is 4.79 Å². The summed E-state index contributed by atoms with van der Waals surface area (Å²) in [7, 11) is 0. The van der Waals surface area contributed by atoms with Crippen LogP contribution < -0.4 is 26.9 Å². The molecule has 0 aliphatic rings. The fourth-order valence-corrected chi connectivity index (χ4v) is 5.14. The van der Waals surface area contributed by atoms with E-state index in [0.717, 1.165) is 38.6 Å². The molecule has 1 aromatic rings. The molecule has 0 atom stereocenters. The number of aromatic nitrogens is 1. The first-order valence-electron chi connectivity index (χ1n) is 15.8. The highest BCUT2D eigenvalue weighted by Crippen LogP contribution is 2.13. The number of nitrogens with one attached hydrogen (secondary N) is 1. The largest absolute Gasteiger partial charge is 1.00 e. The van der Waals surface area contributed by atoms with Crippen molar-refractivity contribution in [2.24, 2.45) is 0 Å². The third-order valence-corrected chi connectivity index (χ3v) is 7.64. The van der Waals surface area contributed by atoms with E-state index in [4.69, 9.17) is 9.47 Å². The second-order valence-corrected chi connectivity index (χ2v) is 11.5. The third-order valence-electron chi connectivity index (χ3n) is 6.97. The van der Waals surface area contributed by atoms with Crippen LogP contribution in [0.25, 0.3) is 0 Å². The summed E-state index contributed by atoms with van der Waals surface area (Å²) in [6.45, 7) is 7.88. The molecule has 0 aromatic carbocycles. The second-order valence-electron chi connectivity index (χ2n) is 10.8. The average Bonchev–Trinajstić information content (AvgIpc) is 3.46. The first-order chi connectivity index (χ1) is 19.1. The van der Waals surface area contributed by atoms with Crippen molar-refractivity contribution in [3.63, 3.8) is 0 Å². The van der Waals surface area contributed by atoms with E-state index < -0.39 is 6.09 Å². The van der Waals surface area contributed by atoms with Gasteiger partial charge in [-0.15, -0.1) is 0 Å². The SMILES string of the molecule is C=C(COC(=O)CCCCC[n+]1ccsc1)COC(=O)NCCCCCCCCCCCCCCCCCC.[Br-]. The number of halogens is 1. The minimum atomic E-state index is -0.438. The van der Waals surface area contributed by atoms with Crippen molar-refractivity contribution < 1.29 is 40.6 Å². The Kier molecular flexibility index (Phi) is 28.1. The Morgan fingerprint density at radius 2 is 1.27 bits per heavy atom. The van der Waals surface area contributed by atoms with E-state index in [9.17, 15) is 9.59 Å². The summed E-state index contributed by atoms with van der Waals surface area (Å²) < 4.78 is 12.6. The van der Waals surface area contributed by atoms with Crippen molar-refractivity contribution in [1.29, 1.82) is 0 Å². The van der Waals surface area contributed by atoms with E-state index in [1.807, 2.05) is 0 Å². The van der Waals surface area contributed by atoms with Crippen molar-refractivity contribution in [2.75, 3.05) is 19.8 Å². The van der Waals surface area contributed by atoms with Crippen LogP contribution in [-0.4, -0.2) is 31.8 Å². The minimum Gasteiger partial charge on any atom is -1.00 e. The summed E-state index contributed by atoms with van der Waals surface area (Å²) in [5.41, 5.74) is 2.67. The molecule has 0 aliphatic heterocycles. The molecule has 1 amide bonds. The van der Waals surface area contributed by atoms with E-state index in [0.29, 0.717) is 18.5 Å². The van der Waals surface area contributed by atoms with Crippen molar-refractivity contribution >= 4 is 23.4 Å². The molecular weight excluding hydrogens is 588 g/mol. The zero-order valence-corrected chi connectivity index (χ0v) is 27.7. The predicted molar refractivity (Wildman–Crippen MR) is 162 cm³/mol. The first kappa shape index (κ1) is 38.6. The highest BCUT2D eigenvalue weighted by molar-refractivity contribution is 7.07. The Morgan fingerprint density at radius 1 is 0.750 bits per heavy atom. The number of carbonyl (C=O) groups excluding carboxylic acids is 2. The van der Waals surface area contributed by atoms with E-state index in [2.05, 4.69) is 40.5 Å². The molecule has 0 spiro atoms. The van der Waals surface area contributed by atoms with Gasteiger partial charge in [-0.2, -0.15) is 4.57 Å². The van der Waals surface area contributed by atoms with Crippen LogP contribution in [0, 0.1) is 0 Å². The first-order valence-corrected chi connectivity index (χ1v) is 16.7. The maximum Gasteiger partial charge on any atom is 0.407 e. The highest BCUT2D eigenvalue weighted by atomic mass is 79.9. The lowest BCUT2D eigenvalue weighted by molar-refractivity contribution is -0.692. The Hall–Kier alpha value is -1.41. The van der Waals surface area contributed by atoms with Gasteiger partial charge in [0.05, 0.1) is 5.38 Å². The predicted octanol–water partition coefficient (Wildman–Crippen LogP) is 5.69. The molecule has 232 valence electrons. The van der Waals surface area contributed by atoms with Gasteiger partial charge in [0.25, 0.3) is 0 Å². The summed E-state index contributed by atoms with van der Waals surface area (Å²) >= 11 is 1.68. The molecular formula is C32H57BrN2O4S. The number of hydrogen-bond acceptors (Lipinski definition) is 5. The number of unbranched alkanes of at least 4 members (excludes halogenated alkanes) is 17. The van der Waals surface area contributed by atoms with E-state index in [1.54, 1.807) is 11.3 Å². The molecule has 0 saturated carbocycles. The topological polar surface area (TPSA) is 68.5 Å². The zero-order chi connectivity index (χ0) is 28.2. The third kappa shape index (κ3) is 25.6. The minimum absolute atomic E-state index is 0. The Balaban J connectivity index is 0.0000152. The van der Waals surface area contributed by atoms with Crippen LogP contribution in [0.15, 0.2) is 29.2 Å². The number of ether oxygens (including phenoxy) is 2. The van der Waals surface area contributed by atoms with E-state index >= 15 is 0 Å². The molecule has 6 nitrogen and oxygen atoms in total. The molecule has 0 fully saturated rings. The van der Waals surface area contributed by atoms with Crippen LogP contribution in [0.5, 0.6) is 0 Å². The van der Waals surface area contributed by atoms with Gasteiger partial charge in [0.1, 0.15) is 19.8 Å². The number of carbonyl (C=O) groups is 2. The zero-order valence-electron chi connectivity index (χ0n) is 25.3. The standard InChI is InChI=1S/C32H56N2O4S.BrH/c1-3-4-5-6-7-8-9-10-11-12-13-14-15-16-17-20-23-33-32(36)38-28-30(2)27-37-31(35)22-19-18-21-24-34-25-26-39-29-34;/h25-26,29H,2-24,27-28H2,1H3;1H. The maximum absolute atomic E-state index is 11.9. The van der Waals surface area contributed by atoms with Crippen molar-refractivity contribution in [1.82, 2.24) is 5.32 Å². The molecule has 0 unspecified atom stereocenters. The number of alkyl carbamates (subject to hydrolysis) is 1. The number of esters is 1. The Morgan fingerprint density at radius 3 is 1.82 bits per heavy atom. The summed E-state index contributed by atoms with van der Waals surface area (Å²) in [6, 6.07) is 0. The molecule has 0 bridgehead atoms. The monoisotopic (exact) mass is 644 g/mol. The Labute approximate surface area is 259 Å². The molecule has 40 heavy (non-hydrogen) atoms. The smallest absolute Gasteiger partial charge is 0.407 e. The molecule has 0 aliphatic carbocycles. The van der Waals surface area contributed by atoms with Gasteiger partial charge >= 0.3 is 12.1 Å². The number of nitrogens with zero attached hydrogens (tertiary/aromatic N) is 1. The number of aryl methyl sites for hydroxylation is 1. The molecule has 1 N–H and O–H groups in total. The van der Waals surface area contributed by atoms with Gasteiger partial charge < -0.3 is 31.8 Å². The highest BCUT2D eigenvalue weighted by Gasteiger charge is 2.07. The molecule has 0 saturated heterocycles. The van der Waals surface area contributed by atoms with Gasteiger partial charge in [-0.3, -0.25) is 4.79 Å². The van der Waals surface area contributed by atoms with Gasteiger partial charge in [0, 0.05) is 19.4 Å². The van der Waals surface area contributed by atoms with Gasteiger partial charge in [0.2, 0.25) is 5.51 Å². The van der Waals surface area contributed by atoms with Gasteiger partial charge in [-0.05, 0) is 24.8 Å². The van der Waals surface area contributed by atoms with Crippen LogP contribution in [0.3, 0.4) is 0 Å². The van der Waals surface area contributed by atoms with Crippen molar-refractivity contribution in [3.05, 3.63) is 29.2 Å². The average molecular weight is 646 g/mol. The maximum atomic E-state index is 11.9. The molecule has 1 aromatic heterocycles. The second kappa shape index (κ2) is 29.1. The molecule has 0 radical (unpaired) electrons. The van der Waals surface area contributed by atoms with Crippen LogP contribution in [0.2, 0.25) is 0 Å². The van der Waals surface area contributed by atoms with Crippen LogP contribution in [0.1, 0.15) is 135 Å². The van der Waals surface area contributed by atoms with Gasteiger partial charge in [-0.1, -0.05) is 121 Å². The number of amides is 1. The molecule has 1 heterocycles. The summed E-state index contributed by atoms with van der Waals surface area (Å²) in [5.74, 6) is -0.229. The summed E-state index contributed by atoms with van der Waals surface area (Å²) in [6.07, 6.45) is 26.2. The van der Waals surface area contributed by atoms with E-state index in [1.165, 1.54) is 89.9 Å². The molecule has 1 rings (SSSR count). The van der Waals surface area contributed by atoms with Crippen molar-refractivity contribution in [3.8, 4) is 0 Å². The summed E-state index contributed by atoms with van der Waals surface area (Å²) in [5, 5.41) is 4.85. The van der Waals surface area contributed by atoms with Crippen LogP contribution >= 0.6 is 11.3 Å². The lowest BCUT2D eigenvalue weighted by Gasteiger charge is -2.10. The van der Waals surface area contributed by atoms with Crippen LogP contribution in [-0.2, 0) is 20.8 Å². The number of hydrogen-bond donors (Lipinski definition) is 1. The Bertz CT molecular complexity index is 731. The lowest BCUT2D eigenvalue weighted by atomic mass is 10.0. The van der Waals surface area contributed by atoms with Crippen molar-refractivity contribution in [2.45, 2.75) is 142 Å². The fraction of sp³-hybridized carbons (Fsp3) is 0.781. The normalized spacial score (nSPS) is 10.6. The fourth-order valence-electron chi connectivity index (χ4n) is 4.51. The lowest BCUT2D eigenvalue weighted by Crippen LogP contribution is -3.00. The van der Waals surface area contributed by atoms with E-state index in [-0.39, 0.29) is 36.2 Å². The van der Waals surface area contributed by atoms with Gasteiger partial charge in [0.15, 0.2) is 6.20 Å². The molecule has 8 heteroatoms. The number of thiazole rings is 1. The van der Waals surface area contributed by atoms with Crippen LogP contribution in [0.4, 0.5) is 4.79 Å². The summed E-state index contributed by atoms with van der Waals surface area (Å²) in [4.78, 5) is 23.7. The number of rotatable bonds is 27. The quantitative estimate of drug-likeness (QED) is 0.0578.